The molecule has 1 aliphatic rings. The molecule has 1 atom stereocenters. The van der Waals surface area contributed by atoms with E-state index in [2.05, 4.69) is 14.3 Å². The van der Waals surface area contributed by atoms with Gasteiger partial charge in [-0.15, -0.1) is 0 Å². The van der Waals surface area contributed by atoms with Crippen LogP contribution in [0.15, 0.2) is 18.2 Å². The van der Waals surface area contributed by atoms with Gasteiger partial charge in [0.2, 0.25) is 5.13 Å². The van der Waals surface area contributed by atoms with E-state index >= 15 is 0 Å². The number of methoxy groups -OCH3 is 1. The average molecular weight is 388 g/mol. The van der Waals surface area contributed by atoms with Crippen LogP contribution in [-0.4, -0.2) is 42.3 Å². The van der Waals surface area contributed by atoms with Crippen molar-refractivity contribution in [1.82, 2.24) is 9.36 Å². The number of halogens is 2. The summed E-state index contributed by atoms with van der Waals surface area (Å²) in [5.41, 5.74) is 0. The summed E-state index contributed by atoms with van der Waals surface area (Å²) < 4.78 is 15.5. The smallest absolute Gasteiger partial charge is 0.205 e. The van der Waals surface area contributed by atoms with Crippen molar-refractivity contribution in [3.63, 3.8) is 0 Å². The van der Waals surface area contributed by atoms with Gasteiger partial charge in [-0.3, -0.25) is 0 Å². The lowest BCUT2D eigenvalue weighted by Crippen LogP contribution is -2.41. The van der Waals surface area contributed by atoms with Gasteiger partial charge in [-0.1, -0.05) is 23.2 Å². The molecule has 0 aliphatic carbocycles. The summed E-state index contributed by atoms with van der Waals surface area (Å²) in [6.07, 6.45) is 2.90. The number of piperidine rings is 1. The third-order valence-corrected chi connectivity index (χ3v) is 5.38. The number of hydrogen-bond donors (Lipinski definition) is 0. The molecule has 3 rings (SSSR count). The van der Waals surface area contributed by atoms with E-state index in [-0.39, 0.29) is 6.10 Å². The number of nitrogens with zero attached hydrogens (tertiary/aromatic N) is 3. The van der Waals surface area contributed by atoms with Gasteiger partial charge in [0, 0.05) is 37.7 Å². The van der Waals surface area contributed by atoms with Crippen molar-refractivity contribution in [2.75, 3.05) is 31.7 Å². The summed E-state index contributed by atoms with van der Waals surface area (Å²) in [6.45, 7) is 2.40. The Bertz CT molecular complexity index is 683. The van der Waals surface area contributed by atoms with E-state index in [1.54, 1.807) is 19.2 Å². The van der Waals surface area contributed by atoms with E-state index in [4.69, 9.17) is 32.7 Å². The van der Waals surface area contributed by atoms with Gasteiger partial charge in [0.25, 0.3) is 0 Å². The Labute approximate surface area is 155 Å². The van der Waals surface area contributed by atoms with Crippen molar-refractivity contribution >= 4 is 39.9 Å². The van der Waals surface area contributed by atoms with Crippen molar-refractivity contribution < 1.29 is 9.47 Å². The summed E-state index contributed by atoms with van der Waals surface area (Å²) in [4.78, 5) is 6.83. The van der Waals surface area contributed by atoms with Gasteiger partial charge in [0.1, 0.15) is 17.7 Å². The molecule has 2 aromatic rings. The fourth-order valence-electron chi connectivity index (χ4n) is 2.62. The Morgan fingerprint density at radius 3 is 3.00 bits per heavy atom. The van der Waals surface area contributed by atoms with Gasteiger partial charge in [0.15, 0.2) is 0 Å². The maximum Gasteiger partial charge on any atom is 0.205 e. The van der Waals surface area contributed by atoms with Crippen LogP contribution in [0.25, 0.3) is 0 Å². The maximum atomic E-state index is 6.07. The highest BCUT2D eigenvalue weighted by atomic mass is 35.5. The summed E-state index contributed by atoms with van der Waals surface area (Å²) in [5.74, 6) is 1.58. The topological polar surface area (TPSA) is 47.5 Å². The molecule has 1 aromatic carbocycles. The standard InChI is InChI=1S/C16H19Cl2N3O2S/c1-22-8-6-15-19-16(24-20-15)21-7-2-3-12(10-21)23-11-4-5-13(17)14(18)9-11/h4-5,9,12H,2-3,6-8,10H2,1H3. The van der Waals surface area contributed by atoms with E-state index in [0.717, 1.165) is 49.1 Å². The number of hydrogen-bond acceptors (Lipinski definition) is 6. The van der Waals surface area contributed by atoms with Crippen molar-refractivity contribution in [3.05, 3.63) is 34.1 Å². The third kappa shape index (κ3) is 4.51. The molecular formula is C16H19Cl2N3O2S. The van der Waals surface area contributed by atoms with Crippen molar-refractivity contribution in [1.29, 1.82) is 0 Å². The summed E-state index contributed by atoms with van der Waals surface area (Å²) in [7, 11) is 1.68. The quantitative estimate of drug-likeness (QED) is 0.746. The van der Waals surface area contributed by atoms with Crippen LogP contribution in [0.3, 0.4) is 0 Å². The summed E-state index contributed by atoms with van der Waals surface area (Å²) in [5, 5.41) is 1.99. The van der Waals surface area contributed by atoms with Gasteiger partial charge >= 0.3 is 0 Å². The molecule has 130 valence electrons. The lowest BCUT2D eigenvalue weighted by atomic mass is 10.1. The molecule has 1 aliphatic heterocycles. The first kappa shape index (κ1) is 17.7. The average Bonchev–Trinajstić information content (AvgIpc) is 3.06. The van der Waals surface area contributed by atoms with Crippen LogP contribution in [0.4, 0.5) is 5.13 Å². The molecule has 0 saturated carbocycles. The van der Waals surface area contributed by atoms with E-state index < -0.39 is 0 Å². The Kier molecular flexibility index (Phi) is 6.16. The number of ether oxygens (including phenoxy) is 2. The van der Waals surface area contributed by atoms with Crippen LogP contribution >= 0.6 is 34.7 Å². The number of anilines is 1. The minimum Gasteiger partial charge on any atom is -0.489 e. The molecule has 1 unspecified atom stereocenters. The van der Waals surface area contributed by atoms with Gasteiger partial charge in [0.05, 0.1) is 23.2 Å². The molecule has 2 heterocycles. The monoisotopic (exact) mass is 387 g/mol. The highest BCUT2D eigenvalue weighted by Crippen LogP contribution is 2.29. The van der Waals surface area contributed by atoms with Crippen LogP contribution in [0.5, 0.6) is 5.75 Å². The van der Waals surface area contributed by atoms with Gasteiger partial charge in [-0.05, 0) is 25.0 Å². The van der Waals surface area contributed by atoms with Gasteiger partial charge < -0.3 is 14.4 Å². The molecule has 8 heteroatoms. The summed E-state index contributed by atoms with van der Waals surface area (Å²) in [6, 6.07) is 5.37. The third-order valence-electron chi connectivity index (χ3n) is 3.83. The minimum absolute atomic E-state index is 0.0994. The first-order chi connectivity index (χ1) is 11.7. The summed E-state index contributed by atoms with van der Waals surface area (Å²) >= 11 is 13.4. The zero-order chi connectivity index (χ0) is 16.9. The first-order valence-corrected chi connectivity index (χ1v) is 9.37. The maximum absolute atomic E-state index is 6.07. The van der Waals surface area contributed by atoms with Crippen LogP contribution < -0.4 is 9.64 Å². The van der Waals surface area contributed by atoms with Crippen LogP contribution in [0.2, 0.25) is 10.0 Å². The molecule has 1 fully saturated rings. The first-order valence-electron chi connectivity index (χ1n) is 7.84. The Morgan fingerprint density at radius 1 is 1.33 bits per heavy atom. The van der Waals surface area contributed by atoms with E-state index in [1.807, 2.05) is 6.07 Å². The van der Waals surface area contributed by atoms with Gasteiger partial charge in [-0.25, -0.2) is 4.98 Å². The number of rotatable bonds is 6. The molecule has 0 bridgehead atoms. The van der Waals surface area contributed by atoms with Crippen LogP contribution in [-0.2, 0) is 11.2 Å². The van der Waals surface area contributed by atoms with Crippen LogP contribution in [0.1, 0.15) is 18.7 Å². The Hall–Kier alpha value is -1.08. The lowest BCUT2D eigenvalue weighted by molar-refractivity contribution is 0.179. The predicted octanol–water partition coefficient (Wildman–Crippen LogP) is 4.08. The molecule has 0 spiro atoms. The second-order valence-corrected chi connectivity index (χ2v) is 7.18. The second kappa shape index (κ2) is 8.34. The van der Waals surface area contributed by atoms with Crippen molar-refractivity contribution in [2.24, 2.45) is 0 Å². The molecule has 0 amide bonds. The number of aromatic nitrogens is 2. The lowest BCUT2D eigenvalue weighted by Gasteiger charge is -2.32. The molecule has 0 radical (unpaired) electrons. The molecular weight excluding hydrogens is 369 g/mol. The van der Waals surface area contributed by atoms with Gasteiger partial charge in [-0.2, -0.15) is 4.37 Å². The fraction of sp³-hybridized carbons (Fsp3) is 0.500. The van der Waals surface area contributed by atoms with E-state index in [1.165, 1.54) is 11.5 Å². The largest absolute Gasteiger partial charge is 0.489 e. The zero-order valence-electron chi connectivity index (χ0n) is 13.4. The van der Waals surface area contributed by atoms with Crippen molar-refractivity contribution in [2.45, 2.75) is 25.4 Å². The second-order valence-electron chi connectivity index (χ2n) is 5.64. The molecule has 5 nitrogen and oxygen atoms in total. The van der Waals surface area contributed by atoms with Crippen molar-refractivity contribution in [3.8, 4) is 5.75 Å². The SMILES string of the molecule is COCCc1nsc(N2CCCC(Oc3ccc(Cl)c(Cl)c3)C2)n1. The Morgan fingerprint density at radius 2 is 2.21 bits per heavy atom. The molecule has 0 N–H and O–H groups in total. The van der Waals surface area contributed by atoms with Crippen LogP contribution in [0, 0.1) is 0 Å². The highest BCUT2D eigenvalue weighted by Gasteiger charge is 2.24. The molecule has 1 aromatic heterocycles. The minimum atomic E-state index is 0.0994. The molecule has 24 heavy (non-hydrogen) atoms. The Balaban J connectivity index is 1.61. The normalized spacial score (nSPS) is 18.0. The zero-order valence-corrected chi connectivity index (χ0v) is 15.7. The van der Waals surface area contributed by atoms with E-state index in [0.29, 0.717) is 16.7 Å². The number of benzene rings is 1. The van der Waals surface area contributed by atoms with E-state index in [9.17, 15) is 0 Å². The highest BCUT2D eigenvalue weighted by molar-refractivity contribution is 7.09. The molecule has 1 saturated heterocycles. The fourth-order valence-corrected chi connectivity index (χ4v) is 3.65. The predicted molar refractivity (Wildman–Crippen MR) is 97.8 cm³/mol.